The van der Waals surface area contributed by atoms with E-state index in [2.05, 4.69) is 9.97 Å². The van der Waals surface area contributed by atoms with Crippen LogP contribution in [-0.4, -0.2) is 15.8 Å². The SMILES string of the molecule is O=C(/C=C/c1ccc(Cl)nc1)c1ccc(Cl)nc1. The summed E-state index contributed by atoms with van der Waals surface area (Å²) < 4.78 is 0. The van der Waals surface area contributed by atoms with E-state index >= 15 is 0 Å². The normalized spacial score (nSPS) is 10.8. The molecule has 0 aliphatic carbocycles. The van der Waals surface area contributed by atoms with Crippen molar-refractivity contribution in [2.75, 3.05) is 0 Å². The van der Waals surface area contributed by atoms with E-state index in [-0.39, 0.29) is 5.78 Å². The topological polar surface area (TPSA) is 42.9 Å². The first-order chi connectivity index (χ1) is 8.65. The highest BCUT2D eigenvalue weighted by Gasteiger charge is 2.01. The molecule has 0 amide bonds. The molecule has 0 saturated carbocycles. The van der Waals surface area contributed by atoms with Crippen LogP contribution in [0.1, 0.15) is 15.9 Å². The summed E-state index contributed by atoms with van der Waals surface area (Å²) in [5, 5.41) is 0.776. The van der Waals surface area contributed by atoms with Crippen molar-refractivity contribution in [1.29, 1.82) is 0 Å². The molecular formula is C13H8Cl2N2O. The Balaban J connectivity index is 2.11. The van der Waals surface area contributed by atoms with E-state index in [9.17, 15) is 4.79 Å². The standard InChI is InChI=1S/C13H8Cl2N2O/c14-12-5-2-9(7-16-12)1-4-11(18)10-3-6-13(15)17-8-10/h1-8H/b4-1+. The molecule has 0 radical (unpaired) electrons. The summed E-state index contributed by atoms with van der Waals surface area (Å²) in [6, 6.07) is 6.64. The first kappa shape index (κ1) is 12.7. The number of hydrogen-bond donors (Lipinski definition) is 0. The number of rotatable bonds is 3. The molecule has 0 bridgehead atoms. The van der Waals surface area contributed by atoms with E-state index in [1.807, 2.05) is 0 Å². The molecule has 0 saturated heterocycles. The molecule has 3 nitrogen and oxygen atoms in total. The van der Waals surface area contributed by atoms with Crippen molar-refractivity contribution in [1.82, 2.24) is 9.97 Å². The summed E-state index contributed by atoms with van der Waals surface area (Å²) in [5.74, 6) is -0.144. The Kier molecular flexibility index (Phi) is 4.07. The van der Waals surface area contributed by atoms with Crippen LogP contribution in [0.5, 0.6) is 0 Å². The lowest BCUT2D eigenvalue weighted by atomic mass is 10.1. The first-order valence-electron chi connectivity index (χ1n) is 5.11. The van der Waals surface area contributed by atoms with Crippen LogP contribution in [0.3, 0.4) is 0 Å². The van der Waals surface area contributed by atoms with Crippen LogP contribution >= 0.6 is 23.2 Å². The number of allylic oxidation sites excluding steroid dienone is 1. The molecule has 2 rings (SSSR count). The molecule has 0 aliphatic heterocycles. The molecule has 0 spiro atoms. The Labute approximate surface area is 114 Å². The van der Waals surface area contributed by atoms with E-state index in [0.29, 0.717) is 15.9 Å². The summed E-state index contributed by atoms with van der Waals surface area (Å²) in [7, 11) is 0. The fourth-order valence-corrected chi connectivity index (χ4v) is 1.50. The number of ketones is 1. The third-order valence-electron chi connectivity index (χ3n) is 2.19. The van der Waals surface area contributed by atoms with Crippen molar-refractivity contribution in [3.05, 3.63) is 64.2 Å². The van der Waals surface area contributed by atoms with Crippen molar-refractivity contribution in [3.8, 4) is 0 Å². The molecule has 18 heavy (non-hydrogen) atoms. The minimum absolute atomic E-state index is 0.144. The predicted molar refractivity (Wildman–Crippen MR) is 71.9 cm³/mol. The lowest BCUT2D eigenvalue weighted by Gasteiger charge is -1.95. The molecule has 2 heterocycles. The highest BCUT2D eigenvalue weighted by atomic mass is 35.5. The van der Waals surface area contributed by atoms with Crippen molar-refractivity contribution < 1.29 is 4.79 Å². The number of nitrogens with zero attached hydrogens (tertiary/aromatic N) is 2. The van der Waals surface area contributed by atoms with Gasteiger partial charge in [0.05, 0.1) is 0 Å². The van der Waals surface area contributed by atoms with Gasteiger partial charge in [-0.1, -0.05) is 29.3 Å². The first-order valence-corrected chi connectivity index (χ1v) is 5.86. The summed E-state index contributed by atoms with van der Waals surface area (Å²) in [6.45, 7) is 0. The van der Waals surface area contributed by atoms with Crippen LogP contribution in [0.25, 0.3) is 6.08 Å². The van der Waals surface area contributed by atoms with E-state index in [1.165, 1.54) is 12.3 Å². The Morgan fingerprint density at radius 3 is 2.22 bits per heavy atom. The largest absolute Gasteiger partial charge is 0.289 e. The molecule has 0 aliphatic rings. The molecule has 5 heteroatoms. The quantitative estimate of drug-likeness (QED) is 0.489. The van der Waals surface area contributed by atoms with Gasteiger partial charge in [-0.2, -0.15) is 0 Å². The summed E-state index contributed by atoms with van der Waals surface area (Å²) in [4.78, 5) is 19.5. The van der Waals surface area contributed by atoms with Gasteiger partial charge < -0.3 is 0 Å². The Morgan fingerprint density at radius 1 is 1.00 bits per heavy atom. The highest BCUT2D eigenvalue weighted by molar-refractivity contribution is 6.29. The third-order valence-corrected chi connectivity index (χ3v) is 2.64. The number of carbonyl (C=O) groups excluding carboxylic acids is 1. The molecule has 2 aromatic rings. The second-order valence-electron chi connectivity index (χ2n) is 3.48. The van der Waals surface area contributed by atoms with Crippen LogP contribution in [0.4, 0.5) is 0 Å². The van der Waals surface area contributed by atoms with Crippen molar-refractivity contribution in [3.63, 3.8) is 0 Å². The molecule has 2 aromatic heterocycles. The van der Waals surface area contributed by atoms with Crippen molar-refractivity contribution in [2.45, 2.75) is 0 Å². The van der Waals surface area contributed by atoms with Crippen LogP contribution in [0, 0.1) is 0 Å². The predicted octanol–water partition coefficient (Wildman–Crippen LogP) is 3.68. The van der Waals surface area contributed by atoms with Gasteiger partial charge in [-0.3, -0.25) is 4.79 Å². The smallest absolute Gasteiger partial charge is 0.187 e. The summed E-state index contributed by atoms with van der Waals surface area (Å²) >= 11 is 11.3. The van der Waals surface area contributed by atoms with Crippen LogP contribution < -0.4 is 0 Å². The Bertz CT molecular complexity index is 577. The maximum absolute atomic E-state index is 11.8. The number of carbonyl (C=O) groups is 1. The fourth-order valence-electron chi connectivity index (χ4n) is 1.28. The van der Waals surface area contributed by atoms with Gasteiger partial charge in [0.15, 0.2) is 5.78 Å². The molecule has 0 fully saturated rings. The maximum Gasteiger partial charge on any atom is 0.187 e. The molecule has 0 unspecified atom stereocenters. The van der Waals surface area contributed by atoms with Gasteiger partial charge in [-0.15, -0.1) is 0 Å². The lowest BCUT2D eigenvalue weighted by Crippen LogP contribution is -1.94. The maximum atomic E-state index is 11.8. The van der Waals surface area contributed by atoms with E-state index in [4.69, 9.17) is 23.2 Å². The van der Waals surface area contributed by atoms with Gasteiger partial charge >= 0.3 is 0 Å². The Hall–Kier alpha value is -1.71. The van der Waals surface area contributed by atoms with E-state index < -0.39 is 0 Å². The minimum Gasteiger partial charge on any atom is -0.289 e. The van der Waals surface area contributed by atoms with Gasteiger partial charge in [0.1, 0.15) is 10.3 Å². The molecule has 90 valence electrons. The van der Waals surface area contributed by atoms with Gasteiger partial charge in [-0.25, -0.2) is 9.97 Å². The fraction of sp³-hybridized carbons (Fsp3) is 0. The zero-order valence-corrected chi connectivity index (χ0v) is 10.7. The second-order valence-corrected chi connectivity index (χ2v) is 4.26. The zero-order chi connectivity index (χ0) is 13.0. The van der Waals surface area contributed by atoms with Gasteiger partial charge in [0.2, 0.25) is 0 Å². The van der Waals surface area contributed by atoms with Gasteiger partial charge in [0.25, 0.3) is 0 Å². The molecule has 0 atom stereocenters. The van der Waals surface area contributed by atoms with Crippen LogP contribution in [0.15, 0.2) is 42.7 Å². The monoisotopic (exact) mass is 278 g/mol. The lowest BCUT2D eigenvalue weighted by molar-refractivity contribution is 0.104. The van der Waals surface area contributed by atoms with Crippen molar-refractivity contribution >= 4 is 35.1 Å². The summed E-state index contributed by atoms with van der Waals surface area (Å²) in [6.07, 6.45) is 6.15. The number of halogens is 2. The number of pyridine rings is 2. The van der Waals surface area contributed by atoms with Crippen LogP contribution in [-0.2, 0) is 0 Å². The third kappa shape index (κ3) is 3.39. The van der Waals surface area contributed by atoms with Crippen LogP contribution in [0.2, 0.25) is 10.3 Å². The second kappa shape index (κ2) is 5.76. The highest BCUT2D eigenvalue weighted by Crippen LogP contribution is 2.09. The Morgan fingerprint density at radius 2 is 1.67 bits per heavy atom. The molecule has 0 aromatic carbocycles. The van der Waals surface area contributed by atoms with E-state index in [1.54, 1.807) is 36.5 Å². The molecule has 0 N–H and O–H groups in total. The average Bonchev–Trinajstić information content (AvgIpc) is 2.38. The number of aromatic nitrogens is 2. The van der Waals surface area contributed by atoms with Crippen molar-refractivity contribution in [2.24, 2.45) is 0 Å². The molecular weight excluding hydrogens is 271 g/mol. The number of hydrogen-bond acceptors (Lipinski definition) is 3. The van der Waals surface area contributed by atoms with E-state index in [0.717, 1.165) is 5.56 Å². The summed E-state index contributed by atoms with van der Waals surface area (Å²) in [5.41, 5.74) is 1.28. The minimum atomic E-state index is -0.144. The van der Waals surface area contributed by atoms with Gasteiger partial charge in [0, 0.05) is 18.0 Å². The zero-order valence-electron chi connectivity index (χ0n) is 9.18. The average molecular weight is 279 g/mol. The van der Waals surface area contributed by atoms with Gasteiger partial charge in [-0.05, 0) is 35.9 Å².